The van der Waals surface area contributed by atoms with Gasteiger partial charge in [0.2, 0.25) is 5.95 Å². The average Bonchev–Trinajstić information content (AvgIpc) is 2.95. The fourth-order valence-corrected chi connectivity index (χ4v) is 2.25. The number of rotatable bonds is 3. The Balaban J connectivity index is 1.84. The Labute approximate surface area is 143 Å². The van der Waals surface area contributed by atoms with Gasteiger partial charge in [0.05, 0.1) is 28.1 Å². The molecular weight excluding hydrogens is 368 g/mol. The first-order valence-corrected chi connectivity index (χ1v) is 7.12. The fraction of sp³-hybridized carbons (Fsp3) is 0.0769. The summed E-state index contributed by atoms with van der Waals surface area (Å²) in [6.07, 6.45) is 0.708. The van der Waals surface area contributed by atoms with Crippen LogP contribution in [-0.4, -0.2) is 24.7 Å². The van der Waals surface area contributed by atoms with E-state index in [0.29, 0.717) is 16.5 Å². The van der Waals surface area contributed by atoms with E-state index >= 15 is 0 Å². The molecule has 124 valence electrons. The van der Waals surface area contributed by atoms with E-state index in [1.807, 2.05) is 0 Å². The van der Waals surface area contributed by atoms with Gasteiger partial charge in [-0.3, -0.25) is 0 Å². The Morgan fingerprint density at radius 3 is 2.62 bits per heavy atom. The average molecular weight is 375 g/mol. The van der Waals surface area contributed by atoms with Crippen molar-refractivity contribution in [2.24, 2.45) is 0 Å². The third kappa shape index (κ3) is 3.57. The standard InChI is InChI=1S/C13H7Cl2F3N6/c14-7-3-9(15)11(20-4-7)24-6-8(5-21-24)22-12-19-2-1-10(23-12)13(16,17)18/h1-6H,(H,19,22,23). The Hall–Kier alpha value is -2.39. The molecular formula is C13H7Cl2F3N6. The van der Waals surface area contributed by atoms with Crippen molar-refractivity contribution in [2.75, 3.05) is 5.32 Å². The number of halogens is 5. The molecule has 1 N–H and O–H groups in total. The van der Waals surface area contributed by atoms with Gasteiger partial charge < -0.3 is 5.32 Å². The van der Waals surface area contributed by atoms with Crippen LogP contribution in [-0.2, 0) is 6.18 Å². The molecule has 3 heterocycles. The molecule has 0 aliphatic rings. The number of hydrogen-bond donors (Lipinski definition) is 1. The van der Waals surface area contributed by atoms with Gasteiger partial charge in [0, 0.05) is 12.4 Å². The molecule has 0 amide bonds. The second-order valence-electron chi connectivity index (χ2n) is 4.52. The Kier molecular flexibility index (Phi) is 4.29. The maximum Gasteiger partial charge on any atom is 0.433 e. The first-order chi connectivity index (χ1) is 11.3. The van der Waals surface area contributed by atoms with Gasteiger partial charge in [-0.15, -0.1) is 0 Å². The Morgan fingerprint density at radius 2 is 1.92 bits per heavy atom. The molecule has 0 aliphatic carbocycles. The Morgan fingerprint density at radius 1 is 1.12 bits per heavy atom. The fourth-order valence-electron chi connectivity index (χ4n) is 1.79. The summed E-state index contributed by atoms with van der Waals surface area (Å²) in [7, 11) is 0. The van der Waals surface area contributed by atoms with Crippen LogP contribution in [0.15, 0.2) is 36.9 Å². The normalized spacial score (nSPS) is 11.5. The number of anilines is 2. The predicted molar refractivity (Wildman–Crippen MR) is 81.7 cm³/mol. The van der Waals surface area contributed by atoms with E-state index in [0.717, 1.165) is 12.3 Å². The van der Waals surface area contributed by atoms with Crippen LogP contribution >= 0.6 is 23.2 Å². The summed E-state index contributed by atoms with van der Waals surface area (Å²) in [6, 6.07) is 2.28. The highest BCUT2D eigenvalue weighted by Gasteiger charge is 2.32. The summed E-state index contributed by atoms with van der Waals surface area (Å²) in [4.78, 5) is 11.2. The lowest BCUT2D eigenvalue weighted by atomic mass is 10.4. The van der Waals surface area contributed by atoms with Crippen molar-refractivity contribution in [3.63, 3.8) is 0 Å². The molecule has 6 nitrogen and oxygen atoms in total. The highest BCUT2D eigenvalue weighted by atomic mass is 35.5. The Bertz CT molecular complexity index is 880. The minimum atomic E-state index is -4.55. The molecule has 0 saturated carbocycles. The third-order valence-electron chi connectivity index (χ3n) is 2.79. The minimum Gasteiger partial charge on any atom is -0.321 e. The van der Waals surface area contributed by atoms with E-state index in [-0.39, 0.29) is 11.0 Å². The van der Waals surface area contributed by atoms with Crippen LogP contribution < -0.4 is 5.32 Å². The minimum absolute atomic E-state index is 0.209. The van der Waals surface area contributed by atoms with E-state index in [9.17, 15) is 13.2 Å². The second kappa shape index (κ2) is 6.25. The van der Waals surface area contributed by atoms with E-state index in [1.54, 1.807) is 0 Å². The zero-order valence-corrected chi connectivity index (χ0v) is 13.1. The van der Waals surface area contributed by atoms with Crippen molar-refractivity contribution in [1.29, 1.82) is 0 Å². The molecule has 0 atom stereocenters. The van der Waals surface area contributed by atoms with Crippen molar-refractivity contribution in [1.82, 2.24) is 24.7 Å². The first-order valence-electron chi connectivity index (χ1n) is 6.36. The van der Waals surface area contributed by atoms with Crippen LogP contribution in [0.1, 0.15) is 5.69 Å². The molecule has 3 aromatic heterocycles. The summed E-state index contributed by atoms with van der Waals surface area (Å²) < 4.78 is 39.3. The number of pyridine rings is 1. The van der Waals surface area contributed by atoms with Gasteiger partial charge in [0.15, 0.2) is 5.82 Å². The highest BCUT2D eigenvalue weighted by Crippen LogP contribution is 2.28. The predicted octanol–water partition coefficient (Wildman–Crippen LogP) is 4.13. The summed E-state index contributed by atoms with van der Waals surface area (Å²) in [6.45, 7) is 0. The lowest BCUT2D eigenvalue weighted by molar-refractivity contribution is -0.141. The van der Waals surface area contributed by atoms with Crippen molar-refractivity contribution >= 4 is 34.8 Å². The van der Waals surface area contributed by atoms with Gasteiger partial charge in [-0.05, 0) is 12.1 Å². The summed E-state index contributed by atoms with van der Waals surface area (Å²) >= 11 is 11.8. The third-order valence-corrected chi connectivity index (χ3v) is 3.27. The van der Waals surface area contributed by atoms with Crippen molar-refractivity contribution in [2.45, 2.75) is 6.18 Å². The summed E-state index contributed by atoms with van der Waals surface area (Å²) in [5.74, 6) is 0.110. The number of hydrogen-bond acceptors (Lipinski definition) is 5. The van der Waals surface area contributed by atoms with Crippen LogP contribution in [0.4, 0.5) is 24.8 Å². The topological polar surface area (TPSA) is 68.5 Å². The molecule has 3 rings (SSSR count). The quantitative estimate of drug-likeness (QED) is 0.746. The highest BCUT2D eigenvalue weighted by molar-refractivity contribution is 6.35. The number of aromatic nitrogens is 5. The number of nitrogens with one attached hydrogen (secondary N) is 1. The molecule has 0 saturated heterocycles. The van der Waals surface area contributed by atoms with Crippen LogP contribution in [0.5, 0.6) is 0 Å². The van der Waals surface area contributed by atoms with Crippen molar-refractivity contribution < 1.29 is 13.2 Å². The molecule has 0 bridgehead atoms. The molecule has 0 spiro atoms. The zero-order chi connectivity index (χ0) is 17.3. The van der Waals surface area contributed by atoms with Gasteiger partial charge in [0.1, 0.15) is 5.69 Å². The van der Waals surface area contributed by atoms with E-state index < -0.39 is 11.9 Å². The van der Waals surface area contributed by atoms with Gasteiger partial charge in [0.25, 0.3) is 0 Å². The number of nitrogens with zero attached hydrogens (tertiary/aromatic N) is 5. The van der Waals surface area contributed by atoms with Crippen LogP contribution in [0, 0.1) is 0 Å². The van der Waals surface area contributed by atoms with Gasteiger partial charge >= 0.3 is 6.18 Å². The molecule has 3 aromatic rings. The lowest BCUT2D eigenvalue weighted by Gasteiger charge is -2.07. The molecule has 0 aromatic carbocycles. The monoisotopic (exact) mass is 374 g/mol. The van der Waals surface area contributed by atoms with E-state index in [1.165, 1.54) is 29.3 Å². The van der Waals surface area contributed by atoms with Gasteiger partial charge in [-0.25, -0.2) is 19.6 Å². The lowest BCUT2D eigenvalue weighted by Crippen LogP contribution is -2.09. The summed E-state index contributed by atoms with van der Waals surface area (Å²) in [5, 5.41) is 7.30. The van der Waals surface area contributed by atoms with Crippen LogP contribution in [0.25, 0.3) is 5.82 Å². The largest absolute Gasteiger partial charge is 0.433 e. The van der Waals surface area contributed by atoms with Gasteiger partial charge in [-0.2, -0.15) is 18.3 Å². The summed E-state index contributed by atoms with van der Waals surface area (Å²) in [5.41, 5.74) is -0.683. The number of alkyl halides is 3. The molecule has 0 aliphatic heterocycles. The maximum atomic E-state index is 12.6. The van der Waals surface area contributed by atoms with Crippen molar-refractivity contribution in [3.8, 4) is 5.82 Å². The first kappa shape index (κ1) is 16.5. The molecule has 0 unspecified atom stereocenters. The maximum absolute atomic E-state index is 12.6. The van der Waals surface area contributed by atoms with Crippen LogP contribution in [0.3, 0.4) is 0 Å². The van der Waals surface area contributed by atoms with Crippen LogP contribution in [0.2, 0.25) is 10.0 Å². The zero-order valence-electron chi connectivity index (χ0n) is 11.6. The van der Waals surface area contributed by atoms with E-state index in [4.69, 9.17) is 23.2 Å². The van der Waals surface area contributed by atoms with E-state index in [2.05, 4.69) is 25.4 Å². The van der Waals surface area contributed by atoms with Crippen molar-refractivity contribution in [3.05, 3.63) is 52.7 Å². The molecule has 0 fully saturated rings. The van der Waals surface area contributed by atoms with Gasteiger partial charge in [-0.1, -0.05) is 23.2 Å². The molecule has 11 heteroatoms. The smallest absolute Gasteiger partial charge is 0.321 e. The second-order valence-corrected chi connectivity index (χ2v) is 5.36. The molecule has 0 radical (unpaired) electrons. The molecule has 24 heavy (non-hydrogen) atoms. The SMILES string of the molecule is FC(F)(F)c1ccnc(Nc2cnn(-c3ncc(Cl)cc3Cl)c2)n1.